The van der Waals surface area contributed by atoms with Gasteiger partial charge in [0.2, 0.25) is 0 Å². The molecule has 1 aliphatic rings. The zero-order valence-corrected chi connectivity index (χ0v) is 18.7. The highest BCUT2D eigenvalue weighted by Crippen LogP contribution is 2.44. The Balaban J connectivity index is 1.79. The number of thiophene rings is 1. The van der Waals surface area contributed by atoms with Crippen LogP contribution in [0.5, 0.6) is 0 Å². The van der Waals surface area contributed by atoms with E-state index in [1.165, 1.54) is 10.4 Å². The summed E-state index contributed by atoms with van der Waals surface area (Å²) in [4.78, 5) is 16.5. The predicted octanol–water partition coefficient (Wildman–Crippen LogP) is 5.69. The van der Waals surface area contributed by atoms with Crippen molar-refractivity contribution in [2.75, 3.05) is 31.6 Å². The second kappa shape index (κ2) is 9.31. The molecule has 1 atom stereocenters. The minimum Gasteiger partial charge on any atom is -0.379 e. The van der Waals surface area contributed by atoms with Gasteiger partial charge in [0, 0.05) is 34.1 Å². The number of rotatable bonds is 5. The number of carbonyl (C=O) groups excluding carboxylic acids is 1. The Kier molecular flexibility index (Phi) is 6.54. The van der Waals surface area contributed by atoms with Gasteiger partial charge in [0.1, 0.15) is 5.00 Å². The van der Waals surface area contributed by atoms with Gasteiger partial charge >= 0.3 is 0 Å². The topological polar surface area (TPSA) is 41.6 Å². The summed E-state index contributed by atoms with van der Waals surface area (Å²) >= 11 is 8.28. The van der Waals surface area contributed by atoms with Gasteiger partial charge in [-0.25, -0.2) is 0 Å². The number of halogens is 1. The third kappa shape index (κ3) is 4.30. The number of aryl methyl sites for hydroxylation is 1. The first-order valence-corrected chi connectivity index (χ1v) is 11.3. The largest absolute Gasteiger partial charge is 0.379 e. The zero-order valence-electron chi connectivity index (χ0n) is 17.2. The number of hydrogen-bond donors (Lipinski definition) is 1. The smallest absolute Gasteiger partial charge is 0.256 e. The molecule has 156 valence electrons. The van der Waals surface area contributed by atoms with Crippen LogP contribution in [-0.4, -0.2) is 37.1 Å². The summed E-state index contributed by atoms with van der Waals surface area (Å²) in [5.74, 6) is -0.0991. The van der Waals surface area contributed by atoms with Crippen LogP contribution >= 0.6 is 22.9 Å². The van der Waals surface area contributed by atoms with Crippen LogP contribution in [0.3, 0.4) is 0 Å². The van der Waals surface area contributed by atoms with Crippen LogP contribution in [0.2, 0.25) is 5.02 Å². The van der Waals surface area contributed by atoms with Crippen molar-refractivity contribution in [1.29, 1.82) is 0 Å². The Hall–Kier alpha value is -2.18. The minimum absolute atomic E-state index is 0.0429. The number of nitrogens with zero attached hydrogens (tertiary/aromatic N) is 1. The van der Waals surface area contributed by atoms with E-state index in [-0.39, 0.29) is 11.9 Å². The Labute approximate surface area is 186 Å². The molecular formula is C24H25ClN2O2S. The van der Waals surface area contributed by atoms with E-state index in [2.05, 4.69) is 30.1 Å². The van der Waals surface area contributed by atoms with Crippen molar-refractivity contribution in [2.24, 2.45) is 0 Å². The molecule has 1 aromatic heterocycles. The lowest BCUT2D eigenvalue weighted by molar-refractivity contribution is 0.0240. The molecular weight excluding hydrogens is 416 g/mol. The molecule has 2 heterocycles. The van der Waals surface area contributed by atoms with Crippen molar-refractivity contribution in [3.05, 3.63) is 86.8 Å². The van der Waals surface area contributed by atoms with Gasteiger partial charge in [-0.1, -0.05) is 48.0 Å². The van der Waals surface area contributed by atoms with Crippen molar-refractivity contribution in [3.8, 4) is 0 Å². The number of morpholine rings is 1. The van der Waals surface area contributed by atoms with Crippen LogP contribution in [0.25, 0.3) is 0 Å². The first-order valence-electron chi connectivity index (χ1n) is 10.1. The van der Waals surface area contributed by atoms with Gasteiger partial charge in [-0.15, -0.1) is 11.3 Å². The summed E-state index contributed by atoms with van der Waals surface area (Å²) in [7, 11) is 0. The molecule has 3 aromatic rings. The number of amides is 1. The SMILES string of the molecule is Cc1sc(NC(=O)c2ccccc2)c([C@H](c2ccccc2Cl)N2CCOCC2)c1C. The van der Waals surface area contributed by atoms with Gasteiger partial charge in [-0.05, 0) is 43.2 Å². The van der Waals surface area contributed by atoms with Gasteiger partial charge in [0.05, 0.1) is 19.3 Å². The molecule has 0 saturated carbocycles. The minimum atomic E-state index is -0.0991. The van der Waals surface area contributed by atoms with Gasteiger partial charge in [-0.2, -0.15) is 0 Å². The summed E-state index contributed by atoms with van der Waals surface area (Å²) < 4.78 is 5.60. The molecule has 4 rings (SSSR count). The van der Waals surface area contributed by atoms with E-state index in [1.807, 2.05) is 48.5 Å². The van der Waals surface area contributed by atoms with Gasteiger partial charge in [0.15, 0.2) is 0 Å². The molecule has 1 N–H and O–H groups in total. The average Bonchev–Trinajstić information content (AvgIpc) is 3.04. The molecule has 1 amide bonds. The van der Waals surface area contributed by atoms with Crippen LogP contribution in [-0.2, 0) is 4.74 Å². The summed E-state index contributed by atoms with van der Waals surface area (Å²) in [5, 5.41) is 4.79. The second-order valence-electron chi connectivity index (χ2n) is 7.42. The summed E-state index contributed by atoms with van der Waals surface area (Å²) in [6.45, 7) is 7.24. The van der Waals surface area contributed by atoms with Crippen molar-refractivity contribution < 1.29 is 9.53 Å². The van der Waals surface area contributed by atoms with Gasteiger partial charge in [0.25, 0.3) is 5.91 Å². The van der Waals surface area contributed by atoms with E-state index in [4.69, 9.17) is 16.3 Å². The predicted molar refractivity (Wildman–Crippen MR) is 124 cm³/mol. The Bertz CT molecular complexity index is 1030. The fraction of sp³-hybridized carbons (Fsp3) is 0.292. The number of benzene rings is 2. The molecule has 4 nitrogen and oxygen atoms in total. The zero-order chi connectivity index (χ0) is 21.1. The maximum atomic E-state index is 12.9. The van der Waals surface area contributed by atoms with E-state index >= 15 is 0 Å². The number of nitrogens with one attached hydrogen (secondary N) is 1. The summed E-state index contributed by atoms with van der Waals surface area (Å²) in [6.07, 6.45) is 0. The molecule has 6 heteroatoms. The van der Waals surface area contributed by atoms with Crippen LogP contribution < -0.4 is 5.32 Å². The molecule has 1 saturated heterocycles. The monoisotopic (exact) mass is 440 g/mol. The normalized spacial score (nSPS) is 15.7. The fourth-order valence-electron chi connectivity index (χ4n) is 3.90. The molecule has 0 radical (unpaired) electrons. The van der Waals surface area contributed by atoms with E-state index in [0.29, 0.717) is 18.8 Å². The number of anilines is 1. The van der Waals surface area contributed by atoms with E-state index in [0.717, 1.165) is 34.2 Å². The van der Waals surface area contributed by atoms with Crippen LogP contribution in [0.1, 0.15) is 38.0 Å². The quantitative estimate of drug-likeness (QED) is 0.553. The highest BCUT2D eigenvalue weighted by molar-refractivity contribution is 7.16. The third-order valence-corrected chi connectivity index (χ3v) is 7.06. The third-order valence-electron chi connectivity index (χ3n) is 5.58. The van der Waals surface area contributed by atoms with Crippen molar-refractivity contribution in [1.82, 2.24) is 4.90 Å². The standard InChI is InChI=1S/C24H25ClN2O2S/c1-16-17(2)30-24(26-23(28)18-8-4-3-5-9-18)21(16)22(27-12-14-29-15-13-27)19-10-6-7-11-20(19)25/h3-11,22H,12-15H2,1-2H3,(H,26,28)/t22-/m0/s1. The van der Waals surface area contributed by atoms with Crippen molar-refractivity contribution >= 4 is 33.8 Å². The molecule has 2 aromatic carbocycles. The summed E-state index contributed by atoms with van der Waals surface area (Å²) in [6, 6.07) is 17.3. The first kappa shape index (κ1) is 21.1. The maximum Gasteiger partial charge on any atom is 0.256 e. The van der Waals surface area contributed by atoms with Crippen LogP contribution in [0, 0.1) is 13.8 Å². The second-order valence-corrected chi connectivity index (χ2v) is 9.05. The fourth-order valence-corrected chi connectivity index (χ4v) is 5.23. The van der Waals surface area contributed by atoms with E-state index in [1.54, 1.807) is 11.3 Å². The highest BCUT2D eigenvalue weighted by atomic mass is 35.5. The molecule has 30 heavy (non-hydrogen) atoms. The number of carbonyl (C=O) groups is 1. The molecule has 0 unspecified atom stereocenters. The van der Waals surface area contributed by atoms with Crippen molar-refractivity contribution in [2.45, 2.75) is 19.9 Å². The first-order chi connectivity index (χ1) is 14.6. The highest BCUT2D eigenvalue weighted by Gasteiger charge is 2.31. The van der Waals surface area contributed by atoms with E-state index < -0.39 is 0 Å². The summed E-state index contributed by atoms with van der Waals surface area (Å²) in [5.41, 5.74) is 4.02. The molecule has 1 aliphatic heterocycles. The van der Waals surface area contributed by atoms with Gasteiger partial charge < -0.3 is 10.1 Å². The average molecular weight is 441 g/mol. The Morgan fingerprint density at radius 2 is 1.73 bits per heavy atom. The lowest BCUT2D eigenvalue weighted by atomic mass is 9.94. The van der Waals surface area contributed by atoms with E-state index in [9.17, 15) is 4.79 Å². The molecule has 1 fully saturated rings. The van der Waals surface area contributed by atoms with Gasteiger partial charge in [-0.3, -0.25) is 9.69 Å². The van der Waals surface area contributed by atoms with Crippen LogP contribution in [0.4, 0.5) is 5.00 Å². The van der Waals surface area contributed by atoms with Crippen LogP contribution in [0.15, 0.2) is 54.6 Å². The molecule has 0 aliphatic carbocycles. The van der Waals surface area contributed by atoms with Crippen molar-refractivity contribution in [3.63, 3.8) is 0 Å². The Morgan fingerprint density at radius 3 is 2.43 bits per heavy atom. The lowest BCUT2D eigenvalue weighted by Gasteiger charge is -2.36. The maximum absolute atomic E-state index is 12.9. The lowest BCUT2D eigenvalue weighted by Crippen LogP contribution is -2.40. The number of hydrogen-bond acceptors (Lipinski definition) is 4. The number of ether oxygens (including phenoxy) is 1. The molecule has 0 spiro atoms. The Morgan fingerprint density at radius 1 is 1.07 bits per heavy atom. The molecule has 0 bridgehead atoms.